The van der Waals surface area contributed by atoms with Gasteiger partial charge in [-0.25, -0.2) is 0 Å². The van der Waals surface area contributed by atoms with Crippen LogP contribution < -0.4 is 28.3 Å². The van der Waals surface area contributed by atoms with Gasteiger partial charge in [0.1, 0.15) is 54.4 Å². The molecule has 4 rings (SSSR count). The van der Waals surface area contributed by atoms with Crippen molar-refractivity contribution in [3.8, 4) is 0 Å². The minimum absolute atomic E-state index is 0.0144. The van der Waals surface area contributed by atoms with E-state index >= 15 is 0 Å². The van der Waals surface area contributed by atoms with E-state index in [9.17, 15) is 40.5 Å². The Morgan fingerprint density at radius 1 is 0.822 bits per heavy atom. The number of hydrogen-bond donors (Lipinski definition) is 13. The number of rotatable bonds is 13. The van der Waals surface area contributed by atoms with Crippen LogP contribution in [0.3, 0.4) is 0 Å². The summed E-state index contributed by atoms with van der Waals surface area (Å²) < 4.78 is 23.5. The fraction of sp³-hybridized carbons (Fsp3) is 0.963. The first-order valence-electron chi connectivity index (χ1n) is 15.4. The molecule has 2 aliphatic heterocycles. The highest BCUT2D eigenvalue weighted by Gasteiger charge is 2.54. The van der Waals surface area contributed by atoms with Crippen LogP contribution in [0.25, 0.3) is 0 Å². The van der Waals surface area contributed by atoms with Crippen LogP contribution in [0.15, 0.2) is 0 Å². The first-order valence-corrected chi connectivity index (χ1v) is 15.4. The summed E-state index contributed by atoms with van der Waals surface area (Å²) >= 11 is 0. The second kappa shape index (κ2) is 15.5. The molecule has 2 saturated heterocycles. The number of Topliss-reactive ketones (excluding diaryl/α,β-unsaturated/α-hetero) is 1. The highest BCUT2D eigenvalue weighted by Crippen LogP contribution is 2.39. The quantitative estimate of drug-likeness (QED) is 0.0821. The zero-order chi connectivity index (χ0) is 33.2. The lowest BCUT2D eigenvalue weighted by atomic mass is 9.69. The van der Waals surface area contributed by atoms with Crippen LogP contribution in [-0.4, -0.2) is 170 Å². The second-order valence-electron chi connectivity index (χ2n) is 12.8. The normalized spacial score (nSPS) is 49.0. The zero-order valence-corrected chi connectivity index (χ0v) is 25.0. The molecule has 1 unspecified atom stereocenters. The third-order valence-electron chi connectivity index (χ3n) is 9.43. The van der Waals surface area contributed by atoms with E-state index in [4.69, 9.17) is 47.0 Å². The molecule has 0 aromatic heterocycles. The molecule has 0 radical (unpaired) electrons. The van der Waals surface area contributed by atoms with Crippen LogP contribution in [-0.2, 0) is 23.7 Å². The number of aliphatic hydroxyl groups is 8. The Morgan fingerprint density at radius 3 is 2.09 bits per heavy atom. The summed E-state index contributed by atoms with van der Waals surface area (Å²) in [5.74, 6) is -1.36. The summed E-state index contributed by atoms with van der Waals surface area (Å²) in [4.78, 5) is 13.2. The van der Waals surface area contributed by atoms with Crippen molar-refractivity contribution in [2.45, 2.75) is 129 Å². The average molecular weight is 654 g/mol. The van der Waals surface area contributed by atoms with Crippen LogP contribution in [0.5, 0.6) is 0 Å². The van der Waals surface area contributed by atoms with Gasteiger partial charge in [-0.1, -0.05) is 0 Å². The van der Waals surface area contributed by atoms with E-state index in [1.54, 1.807) is 0 Å². The first-order chi connectivity index (χ1) is 21.2. The fourth-order valence-electron chi connectivity index (χ4n) is 6.60. The Bertz CT molecular complexity index is 964. The Kier molecular flexibility index (Phi) is 12.7. The number of carbonyl (C=O) groups is 1. The Balaban J connectivity index is 1.53. The summed E-state index contributed by atoms with van der Waals surface area (Å²) in [6, 6.07) is -3.81. The smallest absolute Gasteiger partial charge is 0.186 e. The number of ketones is 1. The van der Waals surface area contributed by atoms with Crippen LogP contribution >= 0.6 is 0 Å². The SMILES string of the molecule is NC1CC(O)(C(=O)C[C@@H]2C[C@H](N)C(O[C@H]3O[C@H](CNCCCO)[C@@H](O)[C@H](O)[C@H]3N)[C@H](O)[C@H]2O[C@H]2O[C@H](CO)[C@@H](O)[C@H](N)[C@H]2O)C1. The van der Waals surface area contributed by atoms with Gasteiger partial charge in [-0.05, 0) is 38.1 Å². The maximum atomic E-state index is 13.2. The molecular formula is C27H51N5O13. The molecule has 4 fully saturated rings. The lowest BCUT2D eigenvalue weighted by molar-refractivity contribution is -0.323. The van der Waals surface area contributed by atoms with Gasteiger partial charge in [0.2, 0.25) is 0 Å². The minimum atomic E-state index is -1.64. The standard InChI is InChI=1S/C27H51N5O13/c28-11-6-27(41,7-11)15(35)5-10-4-12(29)24(22(40)23(10)44-26-21(39)16(30)18(36)14(9-34)43-26)45-25-17(31)20(38)19(37)13(42-25)8-32-2-1-3-33/h10-14,16-26,32-34,36-41H,1-9,28-31H2/t10-,11?,12-,13+,14+,16-,17+,18+,19+,20+,21+,22+,23-,24?,25+,26+,27?/m0/s1. The van der Waals surface area contributed by atoms with Gasteiger partial charge < -0.3 is 88.1 Å². The molecule has 2 aliphatic carbocycles. The van der Waals surface area contributed by atoms with Crippen LogP contribution in [0, 0.1) is 5.92 Å². The van der Waals surface area contributed by atoms with Crippen molar-refractivity contribution >= 4 is 5.78 Å². The monoisotopic (exact) mass is 653 g/mol. The number of ether oxygens (including phenoxy) is 4. The highest BCUT2D eigenvalue weighted by molar-refractivity contribution is 5.88. The van der Waals surface area contributed by atoms with Crippen molar-refractivity contribution in [2.75, 3.05) is 26.3 Å². The van der Waals surface area contributed by atoms with Crippen molar-refractivity contribution in [1.82, 2.24) is 5.32 Å². The van der Waals surface area contributed by atoms with Gasteiger partial charge in [-0.15, -0.1) is 0 Å². The predicted octanol–water partition coefficient (Wildman–Crippen LogP) is -7.21. The van der Waals surface area contributed by atoms with E-state index in [1.165, 1.54) is 0 Å². The Morgan fingerprint density at radius 2 is 1.47 bits per heavy atom. The van der Waals surface area contributed by atoms with Gasteiger partial charge in [-0.3, -0.25) is 4.79 Å². The molecule has 0 bridgehead atoms. The molecule has 45 heavy (non-hydrogen) atoms. The minimum Gasteiger partial charge on any atom is -0.396 e. The summed E-state index contributed by atoms with van der Waals surface area (Å²) in [6.07, 6.45) is -14.8. The zero-order valence-electron chi connectivity index (χ0n) is 25.0. The van der Waals surface area contributed by atoms with E-state index in [1.807, 2.05) is 0 Å². The topological polar surface area (TPSA) is 332 Å². The van der Waals surface area contributed by atoms with Crippen molar-refractivity contribution in [1.29, 1.82) is 0 Å². The summed E-state index contributed by atoms with van der Waals surface area (Å²) in [6.45, 7) is -0.199. The lowest BCUT2D eigenvalue weighted by Gasteiger charge is -2.49. The molecule has 0 amide bonds. The molecule has 18 nitrogen and oxygen atoms in total. The van der Waals surface area contributed by atoms with Crippen LogP contribution in [0.1, 0.15) is 32.1 Å². The fourth-order valence-corrected chi connectivity index (χ4v) is 6.60. The van der Waals surface area contributed by atoms with Gasteiger partial charge in [-0.2, -0.15) is 0 Å². The number of carbonyl (C=O) groups excluding carboxylic acids is 1. The molecule has 0 aromatic carbocycles. The Hall–Kier alpha value is -1.01. The van der Waals surface area contributed by atoms with Crippen LogP contribution in [0.4, 0.5) is 0 Å². The first kappa shape index (κ1) is 36.8. The summed E-state index contributed by atoms with van der Waals surface area (Å²) in [5.41, 5.74) is 22.7. The molecule has 0 aromatic rings. The van der Waals surface area contributed by atoms with E-state index < -0.39 is 110 Å². The van der Waals surface area contributed by atoms with Crippen molar-refractivity contribution in [3.63, 3.8) is 0 Å². The number of nitrogens with two attached hydrogens (primary N) is 4. The highest BCUT2D eigenvalue weighted by atomic mass is 16.7. The van der Waals surface area contributed by atoms with Gasteiger partial charge >= 0.3 is 0 Å². The molecule has 2 heterocycles. The van der Waals surface area contributed by atoms with E-state index in [0.717, 1.165) is 0 Å². The number of nitrogens with one attached hydrogen (secondary N) is 1. The maximum Gasteiger partial charge on any atom is 0.186 e. The molecule has 4 aliphatic rings. The predicted molar refractivity (Wildman–Crippen MR) is 153 cm³/mol. The van der Waals surface area contributed by atoms with Crippen molar-refractivity contribution < 1.29 is 64.6 Å². The molecule has 262 valence electrons. The van der Waals surface area contributed by atoms with Gasteiger partial charge in [0.25, 0.3) is 0 Å². The third-order valence-corrected chi connectivity index (χ3v) is 9.43. The summed E-state index contributed by atoms with van der Waals surface area (Å²) in [7, 11) is 0. The van der Waals surface area contributed by atoms with Gasteiger partial charge in [0, 0.05) is 31.7 Å². The van der Waals surface area contributed by atoms with E-state index in [-0.39, 0.29) is 44.9 Å². The average Bonchev–Trinajstić information content (AvgIpc) is 2.99. The summed E-state index contributed by atoms with van der Waals surface area (Å²) in [5, 5.41) is 86.1. The van der Waals surface area contributed by atoms with Gasteiger partial charge in [0.05, 0.1) is 24.8 Å². The molecule has 18 heteroatoms. The molecular weight excluding hydrogens is 602 g/mol. The van der Waals surface area contributed by atoms with E-state index in [2.05, 4.69) is 5.32 Å². The largest absolute Gasteiger partial charge is 0.396 e. The second-order valence-corrected chi connectivity index (χ2v) is 12.8. The lowest BCUT2D eigenvalue weighted by Crippen LogP contribution is -2.68. The molecule has 0 spiro atoms. The van der Waals surface area contributed by atoms with E-state index in [0.29, 0.717) is 13.0 Å². The van der Waals surface area contributed by atoms with Crippen LogP contribution in [0.2, 0.25) is 0 Å². The Labute approximate surface area is 260 Å². The van der Waals surface area contributed by atoms with Crippen molar-refractivity contribution in [2.24, 2.45) is 28.9 Å². The molecule has 2 saturated carbocycles. The van der Waals surface area contributed by atoms with Gasteiger partial charge in [0.15, 0.2) is 18.4 Å². The third kappa shape index (κ3) is 8.01. The van der Waals surface area contributed by atoms with Crippen molar-refractivity contribution in [3.05, 3.63) is 0 Å². The maximum absolute atomic E-state index is 13.2. The number of aliphatic hydroxyl groups excluding tert-OH is 7. The molecule has 17 N–H and O–H groups in total. The molecule has 15 atom stereocenters. The number of hydrogen-bond acceptors (Lipinski definition) is 18.